The molecule has 1 aliphatic rings. The highest BCUT2D eigenvalue weighted by Crippen LogP contribution is 2.35. The minimum absolute atomic E-state index is 0.0854. The molecule has 0 aliphatic carbocycles. The molecule has 0 amide bonds. The van der Waals surface area contributed by atoms with Crippen molar-refractivity contribution in [1.29, 1.82) is 0 Å². The number of ketones is 1. The minimum Gasteiger partial charge on any atom is -0.465 e. The molecule has 0 N–H and O–H groups in total. The van der Waals surface area contributed by atoms with Gasteiger partial charge in [-0.05, 0) is 23.3 Å². The van der Waals surface area contributed by atoms with Crippen molar-refractivity contribution >= 4 is 23.5 Å². The van der Waals surface area contributed by atoms with E-state index in [2.05, 4.69) is 6.07 Å². The van der Waals surface area contributed by atoms with Gasteiger partial charge in [-0.2, -0.15) is 0 Å². The van der Waals surface area contributed by atoms with Crippen LogP contribution in [0.15, 0.2) is 47.4 Å². The third kappa shape index (κ3) is 3.39. The van der Waals surface area contributed by atoms with E-state index in [4.69, 9.17) is 4.74 Å². The summed E-state index contributed by atoms with van der Waals surface area (Å²) in [7, 11) is 0. The third-order valence-electron chi connectivity index (χ3n) is 4.25. The smallest absolute Gasteiger partial charge is 0.305 e. The predicted molar refractivity (Wildman–Crippen MR) is 95.5 cm³/mol. The Morgan fingerprint density at radius 2 is 2.00 bits per heavy atom. The maximum atomic E-state index is 12.8. The molecule has 124 valence electrons. The van der Waals surface area contributed by atoms with Gasteiger partial charge >= 0.3 is 5.97 Å². The van der Waals surface area contributed by atoms with Crippen LogP contribution in [0.1, 0.15) is 53.2 Å². The number of rotatable bonds is 4. The zero-order chi connectivity index (χ0) is 17.1. The lowest BCUT2D eigenvalue weighted by Gasteiger charge is -2.14. The number of hydrogen-bond acceptors (Lipinski definition) is 4. The average Bonchev–Trinajstić information content (AvgIpc) is 2.76. The first-order valence-electron chi connectivity index (χ1n) is 8.15. The Morgan fingerprint density at radius 1 is 1.21 bits per heavy atom. The summed E-state index contributed by atoms with van der Waals surface area (Å²) in [5, 5.41) is 0. The number of hydrogen-bond donors (Lipinski definition) is 0. The number of carbonyl (C=O) groups is 2. The average molecular weight is 340 g/mol. The molecule has 0 saturated heterocycles. The van der Waals surface area contributed by atoms with E-state index in [1.807, 2.05) is 43.3 Å². The lowest BCUT2D eigenvalue weighted by molar-refractivity contribution is -0.143. The first-order chi connectivity index (χ1) is 11.6. The molecule has 1 heterocycles. The first-order valence-corrected chi connectivity index (χ1v) is 9.13. The van der Waals surface area contributed by atoms with Gasteiger partial charge < -0.3 is 4.74 Å². The highest BCUT2D eigenvalue weighted by Gasteiger charge is 2.22. The lowest BCUT2D eigenvalue weighted by atomic mass is 9.96. The van der Waals surface area contributed by atoms with Crippen LogP contribution < -0.4 is 0 Å². The molecule has 3 rings (SSSR count). The maximum Gasteiger partial charge on any atom is 0.305 e. The normalized spacial score (nSPS) is 14.3. The first kappa shape index (κ1) is 16.8. The maximum absolute atomic E-state index is 12.8. The van der Waals surface area contributed by atoms with Gasteiger partial charge in [-0.3, -0.25) is 9.59 Å². The Morgan fingerprint density at radius 3 is 2.79 bits per heavy atom. The largest absolute Gasteiger partial charge is 0.465 e. The van der Waals surface area contributed by atoms with Crippen molar-refractivity contribution in [3.8, 4) is 0 Å². The standard InChI is InChI=1S/C20H20O3S/c1-3-19(21)23-11-13(2)14-8-9-17-18(10-14)24-12-15-6-4-5-7-16(15)20(17)22/h4-10,13H,3,11-12H2,1-2H3. The van der Waals surface area contributed by atoms with Crippen molar-refractivity contribution in [2.75, 3.05) is 6.61 Å². The summed E-state index contributed by atoms with van der Waals surface area (Å²) in [6.45, 7) is 4.18. The molecule has 3 nitrogen and oxygen atoms in total. The Bertz CT molecular complexity index is 782. The lowest BCUT2D eigenvalue weighted by Crippen LogP contribution is -2.10. The second-order valence-corrected chi connectivity index (χ2v) is 6.99. The molecule has 0 fully saturated rings. The second kappa shape index (κ2) is 7.22. The van der Waals surface area contributed by atoms with Crippen molar-refractivity contribution in [3.05, 3.63) is 64.7 Å². The van der Waals surface area contributed by atoms with Gasteiger partial charge in [0, 0.05) is 34.1 Å². The number of esters is 1. The fourth-order valence-electron chi connectivity index (χ4n) is 2.74. The molecule has 0 aromatic heterocycles. The van der Waals surface area contributed by atoms with E-state index in [-0.39, 0.29) is 17.7 Å². The van der Waals surface area contributed by atoms with E-state index in [0.717, 1.165) is 32.9 Å². The van der Waals surface area contributed by atoms with Gasteiger partial charge in [-0.1, -0.05) is 44.2 Å². The molecule has 4 heteroatoms. The molecule has 0 radical (unpaired) electrons. The molecule has 1 unspecified atom stereocenters. The van der Waals surface area contributed by atoms with Crippen molar-refractivity contribution < 1.29 is 14.3 Å². The predicted octanol–water partition coefficient (Wildman–Crippen LogP) is 4.58. The van der Waals surface area contributed by atoms with Crippen LogP contribution in [-0.4, -0.2) is 18.4 Å². The van der Waals surface area contributed by atoms with Crippen molar-refractivity contribution in [2.45, 2.75) is 36.8 Å². The van der Waals surface area contributed by atoms with Gasteiger partial charge in [0.05, 0.1) is 6.61 Å². The molecule has 0 spiro atoms. The molecular formula is C20H20O3S. The summed E-state index contributed by atoms with van der Waals surface area (Å²) in [6, 6.07) is 13.7. The van der Waals surface area contributed by atoms with Gasteiger partial charge in [0.15, 0.2) is 5.78 Å². The van der Waals surface area contributed by atoms with Crippen molar-refractivity contribution in [3.63, 3.8) is 0 Å². The second-order valence-electron chi connectivity index (χ2n) is 5.97. The van der Waals surface area contributed by atoms with E-state index in [1.54, 1.807) is 18.7 Å². The van der Waals surface area contributed by atoms with Crippen LogP contribution in [0, 0.1) is 0 Å². The van der Waals surface area contributed by atoms with E-state index >= 15 is 0 Å². The van der Waals surface area contributed by atoms with Crippen LogP contribution in [0.3, 0.4) is 0 Å². The van der Waals surface area contributed by atoms with Crippen molar-refractivity contribution in [2.24, 2.45) is 0 Å². The monoisotopic (exact) mass is 340 g/mol. The summed E-state index contributed by atoms with van der Waals surface area (Å²) in [6.07, 6.45) is 0.388. The van der Waals surface area contributed by atoms with Crippen LogP contribution in [0.5, 0.6) is 0 Å². The quantitative estimate of drug-likeness (QED) is 0.764. The fraction of sp³-hybridized carbons (Fsp3) is 0.300. The topological polar surface area (TPSA) is 43.4 Å². The SMILES string of the molecule is CCC(=O)OCC(C)c1ccc2c(c1)SCc1ccccc1C2=O. The van der Waals surface area contributed by atoms with Crippen LogP contribution in [0.2, 0.25) is 0 Å². The van der Waals surface area contributed by atoms with Crippen LogP contribution in [0.25, 0.3) is 0 Å². The van der Waals surface area contributed by atoms with Gasteiger partial charge in [0.2, 0.25) is 0 Å². The molecule has 24 heavy (non-hydrogen) atoms. The van der Waals surface area contributed by atoms with Crippen LogP contribution in [0.4, 0.5) is 0 Å². The Hall–Kier alpha value is -2.07. The Kier molecular flexibility index (Phi) is 5.05. The number of thioether (sulfide) groups is 1. The molecular weight excluding hydrogens is 320 g/mol. The molecule has 1 aliphatic heterocycles. The fourth-order valence-corrected chi connectivity index (χ4v) is 3.84. The minimum atomic E-state index is -0.184. The number of fused-ring (bicyclic) bond motifs is 2. The highest BCUT2D eigenvalue weighted by molar-refractivity contribution is 7.98. The van der Waals surface area contributed by atoms with E-state index < -0.39 is 0 Å². The van der Waals surface area contributed by atoms with Gasteiger partial charge in [0.1, 0.15) is 0 Å². The van der Waals surface area contributed by atoms with Crippen molar-refractivity contribution in [1.82, 2.24) is 0 Å². The zero-order valence-electron chi connectivity index (χ0n) is 13.9. The van der Waals surface area contributed by atoms with E-state index in [0.29, 0.717) is 13.0 Å². The number of carbonyl (C=O) groups excluding carboxylic acids is 2. The van der Waals surface area contributed by atoms with Crippen LogP contribution >= 0.6 is 11.8 Å². The van der Waals surface area contributed by atoms with E-state index in [1.165, 1.54) is 0 Å². The van der Waals surface area contributed by atoms with Crippen LogP contribution in [-0.2, 0) is 15.3 Å². The molecule has 2 aromatic carbocycles. The molecule has 0 bridgehead atoms. The summed E-state index contributed by atoms with van der Waals surface area (Å²) in [5.74, 6) is 0.795. The molecule has 2 aromatic rings. The third-order valence-corrected chi connectivity index (χ3v) is 5.35. The summed E-state index contributed by atoms with van der Waals surface area (Å²) < 4.78 is 5.24. The van der Waals surface area contributed by atoms with Gasteiger partial charge in [-0.15, -0.1) is 11.8 Å². The molecule has 1 atom stereocenters. The van der Waals surface area contributed by atoms with E-state index in [9.17, 15) is 9.59 Å². The number of benzene rings is 2. The summed E-state index contributed by atoms with van der Waals surface area (Å²) in [4.78, 5) is 25.1. The van der Waals surface area contributed by atoms with Gasteiger partial charge in [0.25, 0.3) is 0 Å². The highest BCUT2D eigenvalue weighted by atomic mass is 32.2. The molecule has 0 saturated carbocycles. The van der Waals surface area contributed by atoms with Gasteiger partial charge in [-0.25, -0.2) is 0 Å². The summed E-state index contributed by atoms with van der Waals surface area (Å²) in [5.41, 5.74) is 3.71. The Labute approximate surface area is 146 Å². The summed E-state index contributed by atoms with van der Waals surface area (Å²) >= 11 is 1.69. The number of ether oxygens (including phenoxy) is 1. The zero-order valence-corrected chi connectivity index (χ0v) is 14.7. The Balaban J connectivity index is 1.85.